The van der Waals surface area contributed by atoms with Gasteiger partial charge in [0.25, 0.3) is 0 Å². The van der Waals surface area contributed by atoms with E-state index in [4.69, 9.17) is 9.47 Å². The highest BCUT2D eigenvalue weighted by atomic mass is 16.6. The molecule has 1 unspecified atom stereocenters. The molecule has 0 heterocycles. The van der Waals surface area contributed by atoms with Crippen molar-refractivity contribution in [1.29, 1.82) is 0 Å². The summed E-state index contributed by atoms with van der Waals surface area (Å²) >= 11 is 0. The normalized spacial score (nSPS) is 31.9. The van der Waals surface area contributed by atoms with Crippen molar-refractivity contribution in [2.45, 2.75) is 92.8 Å². The number of rotatable bonds is 6. The molecule has 2 aliphatic rings. The maximum atomic E-state index is 12.0. The molecule has 164 valence electrons. The molecule has 0 aromatic carbocycles. The zero-order valence-corrected chi connectivity index (χ0v) is 19.1. The Morgan fingerprint density at radius 1 is 1.10 bits per heavy atom. The molecule has 1 N–H and O–H groups in total. The lowest BCUT2D eigenvalue weighted by Crippen LogP contribution is -2.58. The molecular weight excluding hydrogens is 368 g/mol. The second-order valence-corrected chi connectivity index (χ2v) is 9.74. The fourth-order valence-electron chi connectivity index (χ4n) is 5.99. The van der Waals surface area contributed by atoms with Gasteiger partial charge >= 0.3 is 11.9 Å². The highest BCUT2D eigenvalue weighted by Gasteiger charge is 2.58. The largest absolute Gasteiger partial charge is 0.458 e. The van der Waals surface area contributed by atoms with Crippen LogP contribution < -0.4 is 0 Å². The topological polar surface area (TPSA) is 72.8 Å². The molecule has 0 aliphatic heterocycles. The summed E-state index contributed by atoms with van der Waals surface area (Å²) in [6.45, 7) is 13.7. The van der Waals surface area contributed by atoms with Gasteiger partial charge in [-0.15, -0.1) is 0 Å². The van der Waals surface area contributed by atoms with Crippen LogP contribution in [-0.4, -0.2) is 35.9 Å². The predicted molar refractivity (Wildman–Crippen MR) is 113 cm³/mol. The van der Waals surface area contributed by atoms with E-state index >= 15 is 0 Å². The van der Waals surface area contributed by atoms with E-state index in [0.29, 0.717) is 0 Å². The number of hydrogen-bond acceptors (Lipinski definition) is 5. The molecule has 2 rings (SSSR count). The number of aliphatic hydroxyl groups excluding tert-OH is 1. The lowest BCUT2D eigenvalue weighted by atomic mass is 9.48. The third-order valence-corrected chi connectivity index (χ3v) is 7.07. The summed E-state index contributed by atoms with van der Waals surface area (Å²) in [4.78, 5) is 23.9. The van der Waals surface area contributed by atoms with Gasteiger partial charge in [-0.25, -0.2) is 0 Å². The number of hydrogen-bond donors (Lipinski definition) is 1. The third kappa shape index (κ3) is 4.93. The molecule has 4 atom stereocenters. The second kappa shape index (κ2) is 9.03. The fraction of sp³-hybridized carbons (Fsp3) is 0.750. The smallest absolute Gasteiger partial charge is 0.303 e. The Balaban J connectivity index is 2.60. The molecule has 5 nitrogen and oxygen atoms in total. The molecule has 0 aromatic rings. The average molecular weight is 407 g/mol. The molecule has 1 fully saturated rings. The van der Waals surface area contributed by atoms with Gasteiger partial charge in [0.05, 0.1) is 6.61 Å². The third-order valence-electron chi connectivity index (χ3n) is 7.07. The van der Waals surface area contributed by atoms with Gasteiger partial charge in [0.15, 0.2) is 6.10 Å². The Labute approximate surface area is 175 Å². The molecule has 0 spiro atoms. The van der Waals surface area contributed by atoms with Gasteiger partial charge in [-0.05, 0) is 55.9 Å². The van der Waals surface area contributed by atoms with E-state index in [-0.39, 0.29) is 35.3 Å². The monoisotopic (exact) mass is 406 g/mol. The minimum atomic E-state index is -0.552. The van der Waals surface area contributed by atoms with Gasteiger partial charge in [0.1, 0.15) is 6.10 Å². The number of aliphatic hydroxyl groups is 1. The summed E-state index contributed by atoms with van der Waals surface area (Å²) in [5, 5.41) is 9.20. The highest BCUT2D eigenvalue weighted by molar-refractivity contribution is 5.68. The lowest BCUT2D eigenvalue weighted by Gasteiger charge is -2.58. The van der Waals surface area contributed by atoms with Gasteiger partial charge in [-0.3, -0.25) is 9.59 Å². The molecule has 0 aromatic heterocycles. The van der Waals surface area contributed by atoms with E-state index in [2.05, 4.69) is 20.8 Å². The van der Waals surface area contributed by atoms with E-state index in [1.54, 1.807) is 0 Å². The van der Waals surface area contributed by atoms with Crippen LogP contribution in [0.25, 0.3) is 0 Å². The van der Waals surface area contributed by atoms with Crippen molar-refractivity contribution >= 4 is 11.9 Å². The summed E-state index contributed by atoms with van der Waals surface area (Å²) in [5.41, 5.74) is 3.31. The van der Waals surface area contributed by atoms with Crippen LogP contribution >= 0.6 is 0 Å². The van der Waals surface area contributed by atoms with Gasteiger partial charge in [-0.2, -0.15) is 0 Å². The van der Waals surface area contributed by atoms with Crippen LogP contribution in [0.1, 0.15) is 80.6 Å². The van der Waals surface area contributed by atoms with Crippen molar-refractivity contribution in [3.63, 3.8) is 0 Å². The maximum Gasteiger partial charge on any atom is 0.303 e. The molecule has 0 radical (unpaired) electrons. The molecule has 2 aliphatic carbocycles. The van der Waals surface area contributed by atoms with E-state index in [0.717, 1.165) is 43.3 Å². The predicted octanol–water partition coefficient (Wildman–Crippen LogP) is 4.73. The van der Waals surface area contributed by atoms with Crippen LogP contribution in [0.4, 0.5) is 0 Å². The van der Waals surface area contributed by atoms with Crippen molar-refractivity contribution in [2.75, 3.05) is 6.61 Å². The average Bonchev–Trinajstić information content (AvgIpc) is 2.56. The summed E-state index contributed by atoms with van der Waals surface area (Å²) in [7, 11) is 0. The maximum absolute atomic E-state index is 12.0. The Hall–Kier alpha value is -1.62. The Morgan fingerprint density at radius 3 is 2.28 bits per heavy atom. The molecule has 0 amide bonds. The zero-order chi connectivity index (χ0) is 22.0. The molecule has 5 heteroatoms. The van der Waals surface area contributed by atoms with Crippen molar-refractivity contribution in [3.8, 4) is 0 Å². The second-order valence-electron chi connectivity index (χ2n) is 9.74. The van der Waals surface area contributed by atoms with Crippen molar-refractivity contribution in [2.24, 2.45) is 16.7 Å². The quantitative estimate of drug-likeness (QED) is 0.510. The Morgan fingerprint density at radius 2 is 1.72 bits per heavy atom. The van der Waals surface area contributed by atoms with Gasteiger partial charge < -0.3 is 14.6 Å². The van der Waals surface area contributed by atoms with Crippen molar-refractivity contribution < 1.29 is 24.2 Å². The molecule has 0 saturated heterocycles. The molecular formula is C24H38O5. The SMILES string of the molecule is CC(=O)O[C@H]1C(C)=C(CC/C(C)=C\CO)[C@@]2(C)CCCC(C)(C)C2[C@@H]1OC(C)=O. The highest BCUT2D eigenvalue weighted by Crippen LogP contribution is 2.61. The number of carbonyl (C=O) groups is 2. The summed E-state index contributed by atoms with van der Waals surface area (Å²) < 4.78 is 11.6. The molecule has 0 bridgehead atoms. The summed E-state index contributed by atoms with van der Waals surface area (Å²) in [5.74, 6) is -0.633. The molecule has 29 heavy (non-hydrogen) atoms. The fourth-order valence-corrected chi connectivity index (χ4v) is 5.99. The standard InChI is InChI=1S/C24H38O5/c1-15(11-14-25)9-10-19-16(2)20(28-17(3)26)21(29-18(4)27)22-23(5,6)12-8-13-24(19,22)7/h11,20-22,25H,8-10,12-14H2,1-7H3/b15-11-/t20-,21+,22?,24+/m0/s1. The Kier molecular flexibility index (Phi) is 7.37. The van der Waals surface area contributed by atoms with Crippen LogP contribution in [0.3, 0.4) is 0 Å². The first-order chi connectivity index (χ1) is 13.4. The summed E-state index contributed by atoms with van der Waals surface area (Å²) in [6, 6.07) is 0. The van der Waals surface area contributed by atoms with Crippen LogP contribution in [0.5, 0.6) is 0 Å². The van der Waals surface area contributed by atoms with E-state index < -0.39 is 12.2 Å². The summed E-state index contributed by atoms with van der Waals surface area (Å²) in [6.07, 6.45) is 5.71. The van der Waals surface area contributed by atoms with Crippen LogP contribution in [0.2, 0.25) is 0 Å². The first kappa shape index (κ1) is 23.7. The number of ether oxygens (including phenoxy) is 2. The minimum absolute atomic E-state index is 0.0430. The molecule has 1 saturated carbocycles. The van der Waals surface area contributed by atoms with Gasteiger partial charge in [0.2, 0.25) is 0 Å². The van der Waals surface area contributed by atoms with E-state index in [1.165, 1.54) is 19.4 Å². The first-order valence-corrected chi connectivity index (χ1v) is 10.7. The lowest BCUT2D eigenvalue weighted by molar-refractivity contribution is -0.184. The number of allylic oxidation sites excluding steroid dienone is 2. The van der Waals surface area contributed by atoms with Crippen LogP contribution in [0, 0.1) is 16.7 Å². The first-order valence-electron chi connectivity index (χ1n) is 10.7. The number of carbonyl (C=O) groups excluding carboxylic acids is 2. The van der Waals surface area contributed by atoms with E-state index in [1.807, 2.05) is 19.9 Å². The zero-order valence-electron chi connectivity index (χ0n) is 19.1. The van der Waals surface area contributed by atoms with Gasteiger partial charge in [0, 0.05) is 19.8 Å². The Bertz CT molecular complexity index is 702. The van der Waals surface area contributed by atoms with Crippen molar-refractivity contribution in [1.82, 2.24) is 0 Å². The number of esters is 2. The number of fused-ring (bicyclic) bond motifs is 1. The van der Waals surface area contributed by atoms with Crippen LogP contribution in [-0.2, 0) is 19.1 Å². The van der Waals surface area contributed by atoms with Crippen molar-refractivity contribution in [3.05, 3.63) is 22.8 Å². The minimum Gasteiger partial charge on any atom is -0.458 e. The van der Waals surface area contributed by atoms with Crippen LogP contribution in [0.15, 0.2) is 22.8 Å². The van der Waals surface area contributed by atoms with E-state index in [9.17, 15) is 14.7 Å². The van der Waals surface area contributed by atoms with Gasteiger partial charge in [-0.1, -0.05) is 44.4 Å².